The van der Waals surface area contributed by atoms with Crippen molar-refractivity contribution in [3.63, 3.8) is 0 Å². The van der Waals surface area contributed by atoms with Crippen molar-refractivity contribution in [1.82, 2.24) is 0 Å². The van der Waals surface area contributed by atoms with Crippen LogP contribution in [-0.2, 0) is 4.74 Å². The fourth-order valence-corrected chi connectivity index (χ4v) is 1.18. The number of hydrogen-bond acceptors (Lipinski definition) is 4. The number of nitriles is 1. The number of rotatable bonds is 3. The maximum absolute atomic E-state index is 13.3. The van der Waals surface area contributed by atoms with Crippen LogP contribution in [0.2, 0.25) is 0 Å². The van der Waals surface area contributed by atoms with Crippen molar-refractivity contribution in [2.45, 2.75) is 6.92 Å². The first-order valence-corrected chi connectivity index (χ1v) is 4.50. The molecule has 1 aromatic rings. The third kappa shape index (κ3) is 2.23. The van der Waals surface area contributed by atoms with Crippen molar-refractivity contribution in [3.8, 4) is 6.07 Å². The number of hydrogen-bond donors (Lipinski definition) is 0. The minimum absolute atomic E-state index is 0.0143. The van der Waals surface area contributed by atoms with E-state index in [0.29, 0.717) is 6.29 Å². The first-order valence-electron chi connectivity index (χ1n) is 4.50. The highest BCUT2D eigenvalue weighted by Gasteiger charge is 2.17. The average molecular weight is 221 g/mol. The average Bonchev–Trinajstić information content (AvgIpc) is 2.28. The number of ether oxygens (including phenoxy) is 1. The zero-order chi connectivity index (χ0) is 12.1. The number of aldehydes is 1. The highest BCUT2D eigenvalue weighted by molar-refractivity contribution is 5.94. The van der Waals surface area contributed by atoms with Gasteiger partial charge in [0.05, 0.1) is 12.2 Å². The van der Waals surface area contributed by atoms with E-state index in [2.05, 4.69) is 4.74 Å². The molecule has 4 nitrogen and oxygen atoms in total. The first-order chi connectivity index (χ1) is 7.63. The molecule has 0 amide bonds. The molecule has 0 aromatic heterocycles. The smallest absolute Gasteiger partial charge is 0.339 e. The van der Waals surface area contributed by atoms with E-state index < -0.39 is 17.3 Å². The van der Waals surface area contributed by atoms with Crippen molar-refractivity contribution in [2.24, 2.45) is 0 Å². The second-order valence-corrected chi connectivity index (χ2v) is 2.88. The van der Waals surface area contributed by atoms with Crippen LogP contribution < -0.4 is 0 Å². The number of esters is 1. The number of halogens is 1. The third-order valence-corrected chi connectivity index (χ3v) is 1.86. The Morgan fingerprint density at radius 1 is 1.62 bits per heavy atom. The molecular weight excluding hydrogens is 213 g/mol. The van der Waals surface area contributed by atoms with Crippen molar-refractivity contribution >= 4 is 12.3 Å². The topological polar surface area (TPSA) is 67.2 Å². The van der Waals surface area contributed by atoms with Crippen LogP contribution in [0.4, 0.5) is 4.39 Å². The summed E-state index contributed by atoms with van der Waals surface area (Å²) in [4.78, 5) is 21.9. The van der Waals surface area contributed by atoms with Crippen LogP contribution >= 0.6 is 0 Å². The minimum atomic E-state index is -0.907. The van der Waals surface area contributed by atoms with Crippen molar-refractivity contribution in [1.29, 1.82) is 5.26 Å². The summed E-state index contributed by atoms with van der Waals surface area (Å²) in [5.74, 6) is -1.73. The molecule has 0 saturated carbocycles. The van der Waals surface area contributed by atoms with Crippen LogP contribution in [-0.4, -0.2) is 18.9 Å². The molecule has 0 aliphatic carbocycles. The van der Waals surface area contributed by atoms with E-state index in [4.69, 9.17) is 5.26 Å². The first kappa shape index (κ1) is 11.9. The second kappa shape index (κ2) is 5.03. The van der Waals surface area contributed by atoms with Crippen molar-refractivity contribution < 1.29 is 18.7 Å². The van der Waals surface area contributed by atoms with Gasteiger partial charge in [-0.1, -0.05) is 0 Å². The van der Waals surface area contributed by atoms with Gasteiger partial charge in [-0.2, -0.15) is 5.26 Å². The zero-order valence-corrected chi connectivity index (χ0v) is 8.49. The Hall–Kier alpha value is -2.22. The third-order valence-electron chi connectivity index (χ3n) is 1.86. The molecule has 1 rings (SSSR count). The van der Waals surface area contributed by atoms with Crippen molar-refractivity contribution in [2.75, 3.05) is 6.61 Å². The van der Waals surface area contributed by atoms with Gasteiger partial charge in [0.2, 0.25) is 0 Å². The molecular formula is C11H8FNO3. The lowest BCUT2D eigenvalue weighted by atomic mass is 10.0. The van der Waals surface area contributed by atoms with Crippen LogP contribution in [0.1, 0.15) is 33.2 Å². The maximum Gasteiger partial charge on any atom is 0.339 e. The summed E-state index contributed by atoms with van der Waals surface area (Å²) in [6.45, 7) is 1.69. The Bertz CT molecular complexity index is 477. The van der Waals surface area contributed by atoms with Crippen molar-refractivity contribution in [3.05, 3.63) is 34.6 Å². The van der Waals surface area contributed by atoms with E-state index in [1.807, 2.05) is 0 Å². The number of nitrogens with zero attached hydrogens (tertiary/aromatic N) is 1. The Morgan fingerprint density at radius 3 is 2.81 bits per heavy atom. The zero-order valence-electron chi connectivity index (χ0n) is 8.49. The summed E-state index contributed by atoms with van der Waals surface area (Å²) >= 11 is 0. The van der Waals surface area contributed by atoms with E-state index in [0.717, 1.165) is 12.1 Å². The minimum Gasteiger partial charge on any atom is -0.462 e. The predicted molar refractivity (Wildman–Crippen MR) is 52.5 cm³/mol. The molecule has 1 aromatic carbocycles. The molecule has 0 atom stereocenters. The largest absolute Gasteiger partial charge is 0.462 e. The molecule has 0 spiro atoms. The molecule has 0 heterocycles. The van der Waals surface area contributed by atoms with Crippen LogP contribution in [0.15, 0.2) is 12.1 Å². The fourth-order valence-electron chi connectivity index (χ4n) is 1.18. The van der Waals surface area contributed by atoms with Gasteiger partial charge in [0, 0.05) is 5.56 Å². The lowest BCUT2D eigenvalue weighted by Crippen LogP contribution is -2.09. The van der Waals surface area contributed by atoms with Crippen LogP contribution in [0, 0.1) is 17.1 Å². The van der Waals surface area contributed by atoms with Gasteiger partial charge in [-0.3, -0.25) is 4.79 Å². The predicted octanol–water partition coefficient (Wildman–Crippen LogP) is 1.69. The molecule has 82 valence electrons. The van der Waals surface area contributed by atoms with E-state index in [-0.39, 0.29) is 17.7 Å². The summed E-state index contributed by atoms with van der Waals surface area (Å²) in [5.41, 5.74) is -0.657. The van der Waals surface area contributed by atoms with Crippen LogP contribution in [0.5, 0.6) is 0 Å². The SMILES string of the molecule is CCOC(=O)c1cc(C=O)cc(F)c1C#N. The number of benzene rings is 1. The van der Waals surface area contributed by atoms with E-state index in [9.17, 15) is 14.0 Å². The Labute approximate surface area is 91.3 Å². The maximum atomic E-state index is 13.3. The van der Waals surface area contributed by atoms with E-state index in [1.54, 1.807) is 13.0 Å². The van der Waals surface area contributed by atoms with E-state index >= 15 is 0 Å². The monoisotopic (exact) mass is 221 g/mol. The molecule has 0 aliphatic rings. The van der Waals surface area contributed by atoms with Gasteiger partial charge in [-0.15, -0.1) is 0 Å². The summed E-state index contributed by atoms with van der Waals surface area (Å²) in [6.07, 6.45) is 0.396. The number of carbonyl (C=O) groups excluding carboxylic acids is 2. The van der Waals surface area contributed by atoms with Gasteiger partial charge < -0.3 is 4.74 Å². The molecule has 0 aliphatic heterocycles. The molecule has 16 heavy (non-hydrogen) atoms. The molecule has 0 radical (unpaired) electrons. The summed E-state index contributed by atoms with van der Waals surface area (Å²) < 4.78 is 18.0. The molecule has 0 bridgehead atoms. The Balaban J connectivity index is 3.35. The lowest BCUT2D eigenvalue weighted by Gasteiger charge is -2.05. The molecule has 5 heteroatoms. The highest BCUT2D eigenvalue weighted by atomic mass is 19.1. The Morgan fingerprint density at radius 2 is 2.31 bits per heavy atom. The van der Waals surface area contributed by atoms with E-state index in [1.165, 1.54) is 0 Å². The van der Waals surface area contributed by atoms with Crippen LogP contribution in [0.25, 0.3) is 0 Å². The molecule has 0 N–H and O–H groups in total. The summed E-state index contributed by atoms with van der Waals surface area (Å²) in [7, 11) is 0. The molecule has 0 saturated heterocycles. The highest BCUT2D eigenvalue weighted by Crippen LogP contribution is 2.16. The van der Waals surface area contributed by atoms with Gasteiger partial charge in [0.1, 0.15) is 23.7 Å². The number of carbonyl (C=O) groups is 2. The fraction of sp³-hybridized carbons (Fsp3) is 0.182. The van der Waals surface area contributed by atoms with Gasteiger partial charge in [0.25, 0.3) is 0 Å². The quantitative estimate of drug-likeness (QED) is 0.575. The van der Waals surface area contributed by atoms with Gasteiger partial charge in [0.15, 0.2) is 0 Å². The van der Waals surface area contributed by atoms with Gasteiger partial charge in [-0.25, -0.2) is 9.18 Å². The lowest BCUT2D eigenvalue weighted by molar-refractivity contribution is 0.0525. The second-order valence-electron chi connectivity index (χ2n) is 2.88. The van der Waals surface area contributed by atoms with Crippen LogP contribution in [0.3, 0.4) is 0 Å². The standard InChI is InChI=1S/C11H8FNO3/c1-2-16-11(15)8-3-7(6-14)4-10(12)9(8)5-13/h3-4,6H,2H2,1H3. The summed E-state index contributed by atoms with van der Waals surface area (Å²) in [6, 6.07) is 3.59. The normalized spacial score (nSPS) is 9.31. The van der Waals surface area contributed by atoms with Gasteiger partial charge >= 0.3 is 5.97 Å². The molecule has 0 unspecified atom stereocenters. The summed E-state index contributed by atoms with van der Waals surface area (Å²) in [5, 5.41) is 8.69. The molecule has 0 fully saturated rings. The van der Waals surface area contributed by atoms with Gasteiger partial charge in [-0.05, 0) is 19.1 Å². The Kier molecular flexibility index (Phi) is 3.72.